The second-order valence-corrected chi connectivity index (χ2v) is 5.30. The summed E-state index contributed by atoms with van der Waals surface area (Å²) in [5, 5.41) is 12.7. The Bertz CT molecular complexity index is 381. The molecule has 1 atom stereocenters. The molecule has 1 aliphatic rings. The van der Waals surface area contributed by atoms with Crippen molar-refractivity contribution >= 4 is 5.69 Å². The van der Waals surface area contributed by atoms with Gasteiger partial charge in [-0.05, 0) is 43.9 Å². The SMILES string of the molecule is CCNC(CO)CCN1CCCCc2ccccc21. The smallest absolute Gasteiger partial charge is 0.0585 e. The normalized spacial score (nSPS) is 16.8. The van der Waals surface area contributed by atoms with Gasteiger partial charge in [0.25, 0.3) is 0 Å². The van der Waals surface area contributed by atoms with Crippen LogP contribution in [0.3, 0.4) is 0 Å². The third-order valence-electron chi connectivity index (χ3n) is 3.92. The van der Waals surface area contributed by atoms with E-state index in [1.165, 1.54) is 30.5 Å². The zero-order valence-corrected chi connectivity index (χ0v) is 11.9. The van der Waals surface area contributed by atoms with Crippen molar-refractivity contribution in [1.82, 2.24) is 5.32 Å². The number of rotatable bonds is 6. The number of aliphatic hydroxyl groups is 1. The van der Waals surface area contributed by atoms with E-state index in [1.807, 2.05) is 0 Å². The molecule has 0 saturated carbocycles. The van der Waals surface area contributed by atoms with E-state index in [-0.39, 0.29) is 12.6 Å². The van der Waals surface area contributed by atoms with Crippen molar-refractivity contribution in [3.63, 3.8) is 0 Å². The van der Waals surface area contributed by atoms with Crippen molar-refractivity contribution in [3.8, 4) is 0 Å². The molecule has 19 heavy (non-hydrogen) atoms. The maximum Gasteiger partial charge on any atom is 0.0585 e. The number of likely N-dealkylation sites (N-methyl/N-ethyl adjacent to an activating group) is 1. The molecule has 0 fully saturated rings. The molecule has 0 saturated heterocycles. The first-order chi connectivity index (χ1) is 9.35. The highest BCUT2D eigenvalue weighted by Crippen LogP contribution is 2.26. The summed E-state index contributed by atoms with van der Waals surface area (Å²) in [4.78, 5) is 2.49. The van der Waals surface area contributed by atoms with Gasteiger partial charge in [-0.1, -0.05) is 25.1 Å². The van der Waals surface area contributed by atoms with E-state index in [0.29, 0.717) is 0 Å². The van der Waals surface area contributed by atoms with Gasteiger partial charge in [-0.3, -0.25) is 0 Å². The van der Waals surface area contributed by atoms with Crippen LogP contribution in [0.25, 0.3) is 0 Å². The average molecular weight is 262 g/mol. The van der Waals surface area contributed by atoms with Crippen LogP contribution in [0.15, 0.2) is 24.3 Å². The lowest BCUT2D eigenvalue weighted by atomic mass is 10.1. The minimum Gasteiger partial charge on any atom is -0.395 e. The van der Waals surface area contributed by atoms with Gasteiger partial charge in [0, 0.05) is 24.8 Å². The molecule has 0 aromatic heterocycles. The average Bonchev–Trinajstić information content (AvgIpc) is 2.66. The Hall–Kier alpha value is -1.06. The summed E-state index contributed by atoms with van der Waals surface area (Å²) in [5.74, 6) is 0. The molecule has 0 bridgehead atoms. The van der Waals surface area contributed by atoms with Gasteiger partial charge in [0.2, 0.25) is 0 Å². The third-order valence-corrected chi connectivity index (χ3v) is 3.92. The number of benzene rings is 1. The minimum absolute atomic E-state index is 0.223. The van der Waals surface area contributed by atoms with Crippen molar-refractivity contribution in [3.05, 3.63) is 29.8 Å². The number of nitrogens with one attached hydrogen (secondary N) is 1. The maximum atomic E-state index is 9.36. The molecule has 2 rings (SSSR count). The lowest BCUT2D eigenvalue weighted by Crippen LogP contribution is -2.37. The van der Waals surface area contributed by atoms with E-state index in [4.69, 9.17) is 0 Å². The van der Waals surface area contributed by atoms with E-state index in [0.717, 1.165) is 26.1 Å². The summed E-state index contributed by atoms with van der Waals surface area (Å²) in [6, 6.07) is 8.98. The molecule has 1 aromatic carbocycles. The van der Waals surface area contributed by atoms with Gasteiger partial charge >= 0.3 is 0 Å². The summed E-state index contributed by atoms with van der Waals surface area (Å²) in [6.45, 7) is 5.39. The summed E-state index contributed by atoms with van der Waals surface area (Å²) in [6.07, 6.45) is 4.74. The van der Waals surface area contributed by atoms with Crippen molar-refractivity contribution in [2.45, 2.75) is 38.6 Å². The Morgan fingerprint density at radius 2 is 2.16 bits per heavy atom. The molecule has 0 radical (unpaired) electrons. The molecule has 0 spiro atoms. The van der Waals surface area contributed by atoms with E-state index >= 15 is 0 Å². The molecule has 0 amide bonds. The molecule has 1 unspecified atom stereocenters. The van der Waals surface area contributed by atoms with E-state index < -0.39 is 0 Å². The molecule has 2 N–H and O–H groups in total. The Morgan fingerprint density at radius 1 is 1.32 bits per heavy atom. The molecular weight excluding hydrogens is 236 g/mol. The largest absolute Gasteiger partial charge is 0.395 e. The van der Waals surface area contributed by atoms with Crippen LogP contribution in [0.4, 0.5) is 5.69 Å². The highest BCUT2D eigenvalue weighted by molar-refractivity contribution is 5.54. The monoisotopic (exact) mass is 262 g/mol. The second kappa shape index (κ2) is 7.51. The van der Waals surface area contributed by atoms with Crippen LogP contribution in [-0.2, 0) is 6.42 Å². The lowest BCUT2D eigenvalue weighted by molar-refractivity contribution is 0.238. The van der Waals surface area contributed by atoms with E-state index in [2.05, 4.69) is 41.4 Å². The molecule has 0 aliphatic carbocycles. The predicted molar refractivity (Wildman–Crippen MR) is 80.8 cm³/mol. The van der Waals surface area contributed by atoms with Crippen LogP contribution in [0, 0.1) is 0 Å². The number of fused-ring (bicyclic) bond motifs is 1. The minimum atomic E-state index is 0.223. The number of para-hydroxylation sites is 1. The topological polar surface area (TPSA) is 35.5 Å². The number of nitrogens with zero attached hydrogens (tertiary/aromatic N) is 1. The summed E-state index contributed by atoms with van der Waals surface area (Å²) >= 11 is 0. The molecule has 106 valence electrons. The zero-order valence-electron chi connectivity index (χ0n) is 11.9. The molecule has 1 aliphatic heterocycles. The predicted octanol–water partition coefficient (Wildman–Crippen LogP) is 2.19. The molecule has 3 heteroatoms. The zero-order chi connectivity index (χ0) is 13.5. The summed E-state index contributed by atoms with van der Waals surface area (Å²) in [5.41, 5.74) is 2.87. The molecule has 1 aromatic rings. The van der Waals surface area contributed by atoms with Crippen LogP contribution >= 0.6 is 0 Å². The fourth-order valence-electron chi connectivity index (χ4n) is 2.86. The number of hydrogen-bond donors (Lipinski definition) is 2. The Balaban J connectivity index is 1.99. The quantitative estimate of drug-likeness (QED) is 0.825. The highest BCUT2D eigenvalue weighted by atomic mass is 16.3. The van der Waals surface area contributed by atoms with Crippen LogP contribution in [0.5, 0.6) is 0 Å². The molecule has 1 heterocycles. The van der Waals surface area contributed by atoms with Gasteiger partial charge in [-0.25, -0.2) is 0 Å². The molecule has 3 nitrogen and oxygen atoms in total. The fraction of sp³-hybridized carbons (Fsp3) is 0.625. The summed E-state index contributed by atoms with van der Waals surface area (Å²) in [7, 11) is 0. The molecular formula is C16H26N2O. The Labute approximate surface area is 116 Å². The van der Waals surface area contributed by atoms with Gasteiger partial charge in [0.05, 0.1) is 6.61 Å². The van der Waals surface area contributed by atoms with Crippen LogP contribution in [0.2, 0.25) is 0 Å². The first kappa shape index (κ1) is 14.4. The van der Waals surface area contributed by atoms with Crippen LogP contribution in [-0.4, -0.2) is 37.4 Å². The van der Waals surface area contributed by atoms with Gasteiger partial charge in [0.15, 0.2) is 0 Å². The van der Waals surface area contributed by atoms with Crippen LogP contribution < -0.4 is 10.2 Å². The van der Waals surface area contributed by atoms with Crippen molar-refractivity contribution < 1.29 is 5.11 Å². The number of aliphatic hydroxyl groups excluding tert-OH is 1. The standard InChI is InChI=1S/C16H26N2O/c1-2-17-15(13-19)10-12-18-11-6-5-8-14-7-3-4-9-16(14)18/h3-4,7,9,15,17,19H,2,5-6,8,10-13H2,1H3. The van der Waals surface area contributed by atoms with Gasteiger partial charge < -0.3 is 15.3 Å². The Morgan fingerprint density at radius 3 is 2.95 bits per heavy atom. The van der Waals surface area contributed by atoms with E-state index in [9.17, 15) is 5.11 Å². The van der Waals surface area contributed by atoms with Crippen molar-refractivity contribution in [2.24, 2.45) is 0 Å². The Kier molecular flexibility index (Phi) is 5.67. The van der Waals surface area contributed by atoms with Crippen molar-refractivity contribution in [2.75, 3.05) is 31.1 Å². The van der Waals surface area contributed by atoms with Gasteiger partial charge in [-0.15, -0.1) is 0 Å². The van der Waals surface area contributed by atoms with E-state index in [1.54, 1.807) is 0 Å². The first-order valence-electron chi connectivity index (χ1n) is 7.52. The number of hydrogen-bond acceptors (Lipinski definition) is 3. The second-order valence-electron chi connectivity index (χ2n) is 5.30. The number of aryl methyl sites for hydroxylation is 1. The summed E-state index contributed by atoms with van der Waals surface area (Å²) < 4.78 is 0. The third kappa shape index (κ3) is 3.95. The van der Waals surface area contributed by atoms with Crippen LogP contribution in [0.1, 0.15) is 31.7 Å². The lowest BCUT2D eigenvalue weighted by Gasteiger charge is -2.27. The maximum absolute atomic E-state index is 9.36. The first-order valence-corrected chi connectivity index (χ1v) is 7.52. The fourth-order valence-corrected chi connectivity index (χ4v) is 2.86. The van der Waals surface area contributed by atoms with Crippen molar-refractivity contribution in [1.29, 1.82) is 0 Å². The number of anilines is 1. The highest BCUT2D eigenvalue weighted by Gasteiger charge is 2.16. The van der Waals surface area contributed by atoms with Gasteiger partial charge in [-0.2, -0.15) is 0 Å². The van der Waals surface area contributed by atoms with Gasteiger partial charge in [0.1, 0.15) is 0 Å².